The monoisotopic (exact) mass is 492 g/mol. The van der Waals surface area contributed by atoms with Gasteiger partial charge < -0.3 is 24.5 Å². The van der Waals surface area contributed by atoms with Crippen LogP contribution in [0.2, 0.25) is 0 Å². The average molecular weight is 493 g/mol. The number of nitrogens with zero attached hydrogens (tertiary/aromatic N) is 1. The number of aromatic carboxylic acids is 1. The Labute approximate surface area is 196 Å². The van der Waals surface area contributed by atoms with Crippen molar-refractivity contribution in [1.29, 1.82) is 0 Å². The fourth-order valence-corrected chi connectivity index (χ4v) is 3.83. The molecule has 0 saturated carbocycles. The van der Waals surface area contributed by atoms with Gasteiger partial charge in [-0.3, -0.25) is 4.79 Å². The van der Waals surface area contributed by atoms with Gasteiger partial charge in [-0.05, 0) is 44.2 Å². The van der Waals surface area contributed by atoms with Crippen molar-refractivity contribution < 1.29 is 36.7 Å². The fourth-order valence-electron chi connectivity index (χ4n) is 3.41. The summed E-state index contributed by atoms with van der Waals surface area (Å²) in [5.41, 5.74) is 0.535. The second-order valence-electron chi connectivity index (χ2n) is 7.56. The van der Waals surface area contributed by atoms with E-state index in [9.17, 15) is 27.5 Å². The molecular weight excluding hydrogens is 467 g/mol. The number of sulfone groups is 1. The van der Waals surface area contributed by atoms with Gasteiger partial charge in [-0.15, -0.1) is 0 Å². The lowest BCUT2D eigenvalue weighted by Crippen LogP contribution is -2.34. The van der Waals surface area contributed by atoms with Gasteiger partial charge in [-0.25, -0.2) is 17.6 Å². The summed E-state index contributed by atoms with van der Waals surface area (Å²) in [7, 11) is -3.41. The Bertz CT molecular complexity index is 1310. The molecule has 1 heterocycles. The van der Waals surface area contributed by atoms with Gasteiger partial charge in [0.05, 0.1) is 5.69 Å². The lowest BCUT2D eigenvalue weighted by molar-refractivity contribution is -0.132. The van der Waals surface area contributed by atoms with Crippen LogP contribution in [0.1, 0.15) is 24.2 Å². The van der Waals surface area contributed by atoms with Crippen molar-refractivity contribution in [2.75, 3.05) is 37.1 Å². The van der Waals surface area contributed by atoms with E-state index < -0.39 is 27.5 Å². The van der Waals surface area contributed by atoms with Crippen LogP contribution >= 0.6 is 0 Å². The van der Waals surface area contributed by atoms with Gasteiger partial charge in [0, 0.05) is 36.4 Å². The summed E-state index contributed by atoms with van der Waals surface area (Å²) in [4.78, 5) is 26.1. The number of halogens is 1. The van der Waals surface area contributed by atoms with Crippen LogP contribution in [0.25, 0.3) is 22.3 Å². The van der Waals surface area contributed by atoms with Gasteiger partial charge in [0.25, 0.3) is 5.91 Å². The van der Waals surface area contributed by atoms with Crippen molar-refractivity contribution in [2.45, 2.75) is 13.8 Å². The molecule has 0 spiro atoms. The SMILES string of the molecule is CCN(CC)C(=O)COc1cc2c(C(=O)O)c(-c3ccc(F)cc3)oc2cc1NCS(C)(=O)=O. The minimum Gasteiger partial charge on any atom is -0.482 e. The Morgan fingerprint density at radius 2 is 1.79 bits per heavy atom. The second-order valence-corrected chi connectivity index (χ2v) is 9.70. The first-order valence-electron chi connectivity index (χ1n) is 10.5. The molecule has 0 aliphatic rings. The van der Waals surface area contributed by atoms with Gasteiger partial charge in [0.2, 0.25) is 0 Å². The van der Waals surface area contributed by atoms with Crippen molar-refractivity contribution in [3.8, 4) is 17.1 Å². The van der Waals surface area contributed by atoms with Crippen LogP contribution in [0.4, 0.5) is 10.1 Å². The van der Waals surface area contributed by atoms with Crippen LogP contribution in [-0.4, -0.2) is 62.1 Å². The number of amides is 1. The molecule has 3 rings (SSSR count). The lowest BCUT2D eigenvalue weighted by Gasteiger charge is -2.19. The predicted octanol–water partition coefficient (Wildman–Crippen LogP) is 3.60. The minimum absolute atomic E-state index is 0.00734. The zero-order valence-electron chi connectivity index (χ0n) is 18.9. The first kappa shape index (κ1) is 25.0. The lowest BCUT2D eigenvalue weighted by atomic mass is 10.0. The number of fused-ring (bicyclic) bond motifs is 1. The summed E-state index contributed by atoms with van der Waals surface area (Å²) < 4.78 is 48.2. The van der Waals surface area contributed by atoms with Gasteiger partial charge in [-0.1, -0.05) is 0 Å². The van der Waals surface area contributed by atoms with Crippen molar-refractivity contribution >= 4 is 38.4 Å². The standard InChI is InChI=1S/C23H25FN2O7S/c1-4-26(5-2)20(27)12-32-19-10-16-18(11-17(19)25-13-34(3,30)31)33-22(21(16)23(28)29)14-6-8-15(24)9-7-14/h6-11,25H,4-5,12-13H2,1-3H3,(H,28,29). The summed E-state index contributed by atoms with van der Waals surface area (Å²) in [6.07, 6.45) is 1.05. The molecule has 182 valence electrons. The molecule has 34 heavy (non-hydrogen) atoms. The number of ether oxygens (including phenoxy) is 1. The Hall–Kier alpha value is -3.60. The summed E-state index contributed by atoms with van der Waals surface area (Å²) in [5.74, 6) is -2.37. The average Bonchev–Trinajstić information content (AvgIpc) is 3.15. The number of likely N-dealkylation sites (N-methyl/N-ethyl adjacent to an activating group) is 1. The van der Waals surface area contributed by atoms with Crippen LogP contribution in [0.5, 0.6) is 5.75 Å². The molecule has 0 unspecified atom stereocenters. The summed E-state index contributed by atoms with van der Waals surface area (Å²) in [5, 5.41) is 12.8. The number of furan rings is 1. The molecule has 1 amide bonds. The first-order valence-corrected chi connectivity index (χ1v) is 12.5. The summed E-state index contributed by atoms with van der Waals surface area (Å²) >= 11 is 0. The molecule has 3 aromatic rings. The third-order valence-corrected chi connectivity index (χ3v) is 5.77. The largest absolute Gasteiger partial charge is 0.482 e. The van der Waals surface area contributed by atoms with E-state index in [1.54, 1.807) is 4.90 Å². The Kier molecular flexibility index (Phi) is 7.45. The predicted molar refractivity (Wildman–Crippen MR) is 125 cm³/mol. The van der Waals surface area contributed by atoms with Crippen molar-refractivity contribution in [2.24, 2.45) is 0 Å². The molecule has 0 atom stereocenters. The van der Waals surface area contributed by atoms with E-state index in [0.29, 0.717) is 18.7 Å². The second kappa shape index (κ2) is 10.1. The quantitative estimate of drug-likeness (QED) is 0.440. The van der Waals surface area contributed by atoms with Crippen LogP contribution in [0.3, 0.4) is 0 Å². The molecule has 9 nitrogen and oxygen atoms in total. The van der Waals surface area contributed by atoms with Crippen molar-refractivity contribution in [3.63, 3.8) is 0 Å². The van der Waals surface area contributed by atoms with Crippen LogP contribution in [0, 0.1) is 5.82 Å². The summed E-state index contributed by atoms with van der Waals surface area (Å²) in [6, 6.07) is 7.94. The highest BCUT2D eigenvalue weighted by molar-refractivity contribution is 7.90. The number of anilines is 1. The van der Waals surface area contributed by atoms with E-state index >= 15 is 0 Å². The van der Waals surface area contributed by atoms with E-state index in [1.165, 1.54) is 36.4 Å². The van der Waals surface area contributed by atoms with Gasteiger partial charge in [-0.2, -0.15) is 0 Å². The van der Waals surface area contributed by atoms with Crippen LogP contribution < -0.4 is 10.1 Å². The highest BCUT2D eigenvalue weighted by atomic mass is 32.2. The number of carbonyl (C=O) groups excluding carboxylic acids is 1. The Morgan fingerprint density at radius 1 is 1.15 bits per heavy atom. The zero-order valence-corrected chi connectivity index (χ0v) is 19.7. The van der Waals surface area contributed by atoms with Crippen LogP contribution in [0.15, 0.2) is 40.8 Å². The molecule has 11 heteroatoms. The molecule has 0 aliphatic heterocycles. The fraction of sp³-hybridized carbons (Fsp3) is 0.304. The number of hydrogen-bond acceptors (Lipinski definition) is 7. The normalized spacial score (nSPS) is 11.4. The molecule has 0 aliphatic carbocycles. The molecule has 0 bridgehead atoms. The van der Waals surface area contributed by atoms with E-state index in [4.69, 9.17) is 9.15 Å². The highest BCUT2D eigenvalue weighted by Gasteiger charge is 2.24. The van der Waals surface area contributed by atoms with E-state index in [2.05, 4.69) is 5.32 Å². The third-order valence-electron chi connectivity index (χ3n) is 5.10. The van der Waals surface area contributed by atoms with Crippen LogP contribution in [-0.2, 0) is 14.6 Å². The maximum Gasteiger partial charge on any atom is 0.340 e. The molecule has 2 aromatic carbocycles. The molecule has 2 N–H and O–H groups in total. The number of carboxylic acid groups (broad SMARTS) is 1. The Morgan fingerprint density at radius 3 is 2.35 bits per heavy atom. The first-order chi connectivity index (χ1) is 16.0. The van der Waals surface area contributed by atoms with E-state index in [-0.39, 0.29) is 46.2 Å². The number of nitrogens with one attached hydrogen (secondary N) is 1. The molecule has 0 fully saturated rings. The third kappa shape index (κ3) is 5.66. The smallest absolute Gasteiger partial charge is 0.340 e. The number of rotatable bonds is 10. The molecule has 0 saturated heterocycles. The molecule has 1 aromatic heterocycles. The van der Waals surface area contributed by atoms with E-state index in [1.807, 2.05) is 13.8 Å². The highest BCUT2D eigenvalue weighted by Crippen LogP contribution is 2.39. The molecule has 0 radical (unpaired) electrons. The van der Waals surface area contributed by atoms with Gasteiger partial charge in [0.1, 0.15) is 34.4 Å². The van der Waals surface area contributed by atoms with Gasteiger partial charge >= 0.3 is 5.97 Å². The van der Waals surface area contributed by atoms with Gasteiger partial charge in [0.15, 0.2) is 16.4 Å². The topological polar surface area (TPSA) is 126 Å². The van der Waals surface area contributed by atoms with E-state index in [0.717, 1.165) is 6.26 Å². The molecular formula is C23H25FN2O7S. The minimum atomic E-state index is -3.41. The van der Waals surface area contributed by atoms with Crippen molar-refractivity contribution in [1.82, 2.24) is 4.90 Å². The Balaban J connectivity index is 2.11. The number of carbonyl (C=O) groups is 2. The summed E-state index contributed by atoms with van der Waals surface area (Å²) in [6.45, 7) is 4.31. The number of hydrogen-bond donors (Lipinski definition) is 2. The zero-order chi connectivity index (χ0) is 25.0. The number of benzene rings is 2. The maximum absolute atomic E-state index is 13.4. The number of carboxylic acids is 1. The maximum atomic E-state index is 13.4. The van der Waals surface area contributed by atoms with Crippen molar-refractivity contribution in [3.05, 3.63) is 47.8 Å².